The lowest BCUT2D eigenvalue weighted by Crippen LogP contribution is -2.15. The van der Waals surface area contributed by atoms with Crippen LogP contribution in [0.1, 0.15) is 12.8 Å². The van der Waals surface area contributed by atoms with Crippen LogP contribution in [-0.2, 0) is 9.53 Å². The zero-order valence-corrected chi connectivity index (χ0v) is 6.69. The lowest BCUT2D eigenvalue weighted by Gasteiger charge is -2.10. The molecule has 3 nitrogen and oxygen atoms in total. The summed E-state index contributed by atoms with van der Waals surface area (Å²) in [6, 6.07) is 0. The van der Waals surface area contributed by atoms with Crippen molar-refractivity contribution in [2.24, 2.45) is 11.8 Å². The van der Waals surface area contributed by atoms with E-state index in [1.165, 1.54) is 0 Å². The van der Waals surface area contributed by atoms with Gasteiger partial charge in [-0.2, -0.15) is 0 Å². The van der Waals surface area contributed by atoms with Crippen LogP contribution in [0.2, 0.25) is 0 Å². The monoisotopic (exact) mass is 158 g/mol. The van der Waals surface area contributed by atoms with Crippen LogP contribution in [0.15, 0.2) is 0 Å². The van der Waals surface area contributed by atoms with Gasteiger partial charge in [0.05, 0.1) is 6.10 Å². The summed E-state index contributed by atoms with van der Waals surface area (Å²) in [4.78, 5) is 10.2. The van der Waals surface area contributed by atoms with Crippen molar-refractivity contribution in [3.8, 4) is 0 Å². The Morgan fingerprint density at radius 3 is 2.91 bits per heavy atom. The first-order chi connectivity index (χ1) is 5.33. The number of hydrogen-bond acceptors (Lipinski definition) is 3. The van der Waals surface area contributed by atoms with Gasteiger partial charge in [-0.15, -0.1) is 0 Å². The van der Waals surface area contributed by atoms with Gasteiger partial charge >= 0.3 is 0 Å². The van der Waals surface area contributed by atoms with Crippen LogP contribution in [0.5, 0.6) is 0 Å². The fraction of sp³-hybridized carbons (Fsp3) is 0.875. The molecule has 0 bridgehead atoms. The van der Waals surface area contributed by atoms with Gasteiger partial charge in [-0.25, -0.2) is 0 Å². The van der Waals surface area contributed by atoms with E-state index in [9.17, 15) is 4.79 Å². The largest absolute Gasteiger partial charge is 0.396 e. The summed E-state index contributed by atoms with van der Waals surface area (Å²) in [5.74, 6) is 0.787. The fourth-order valence-corrected chi connectivity index (χ4v) is 1.48. The first kappa shape index (κ1) is 8.68. The van der Waals surface area contributed by atoms with E-state index >= 15 is 0 Å². The van der Waals surface area contributed by atoms with Gasteiger partial charge in [-0.05, 0) is 18.3 Å². The van der Waals surface area contributed by atoms with E-state index in [0.717, 1.165) is 12.7 Å². The van der Waals surface area contributed by atoms with Crippen molar-refractivity contribution in [2.45, 2.75) is 18.9 Å². The number of rotatable bonds is 5. The lowest BCUT2D eigenvalue weighted by molar-refractivity contribution is -0.110. The number of ether oxygens (including phenoxy) is 1. The van der Waals surface area contributed by atoms with Gasteiger partial charge in [0.25, 0.3) is 0 Å². The molecule has 1 fully saturated rings. The Balaban J connectivity index is 2.27. The van der Waals surface area contributed by atoms with E-state index in [1.807, 2.05) is 0 Å². The zero-order chi connectivity index (χ0) is 8.27. The molecule has 1 aliphatic carbocycles. The third-order valence-electron chi connectivity index (χ3n) is 2.32. The Morgan fingerprint density at radius 1 is 1.82 bits per heavy atom. The maximum atomic E-state index is 10.2. The van der Waals surface area contributed by atoms with Crippen LogP contribution in [0.25, 0.3) is 0 Å². The van der Waals surface area contributed by atoms with E-state index in [0.29, 0.717) is 18.3 Å². The number of aliphatic hydroxyl groups excluding tert-OH is 1. The summed E-state index contributed by atoms with van der Waals surface area (Å²) in [6.45, 7) is 0.226. The van der Waals surface area contributed by atoms with Crippen molar-refractivity contribution in [1.29, 1.82) is 0 Å². The number of carbonyl (C=O) groups is 1. The molecule has 11 heavy (non-hydrogen) atoms. The molecule has 0 spiro atoms. The molecular weight excluding hydrogens is 144 g/mol. The smallest absolute Gasteiger partial charge is 0.122 e. The molecule has 0 aromatic rings. The molecule has 3 atom stereocenters. The van der Waals surface area contributed by atoms with E-state index in [1.54, 1.807) is 7.11 Å². The Labute approximate surface area is 66.4 Å². The minimum atomic E-state index is 0.0321. The van der Waals surface area contributed by atoms with Crippen LogP contribution >= 0.6 is 0 Å². The molecule has 1 rings (SSSR count). The highest BCUT2D eigenvalue weighted by molar-refractivity contribution is 5.50. The number of methoxy groups -OCH3 is 1. The molecule has 0 aromatic heterocycles. The number of hydrogen-bond donors (Lipinski definition) is 1. The molecule has 0 saturated heterocycles. The number of aldehydes is 1. The van der Waals surface area contributed by atoms with Crippen molar-refractivity contribution < 1.29 is 14.6 Å². The standard InChI is InChI=1S/C8H14O3/c1-11-8(2-3-9)7-4-6(7)5-10/h3,6-8,10H,2,4-5H2,1H3/t6-,7+,8+/m0/s1. The summed E-state index contributed by atoms with van der Waals surface area (Å²) >= 11 is 0. The summed E-state index contributed by atoms with van der Waals surface area (Å²) in [5.41, 5.74) is 0. The van der Waals surface area contributed by atoms with E-state index < -0.39 is 0 Å². The van der Waals surface area contributed by atoms with Crippen molar-refractivity contribution in [3.63, 3.8) is 0 Å². The highest BCUT2D eigenvalue weighted by Crippen LogP contribution is 2.42. The van der Waals surface area contributed by atoms with Gasteiger partial charge < -0.3 is 14.6 Å². The van der Waals surface area contributed by atoms with E-state index in [-0.39, 0.29) is 12.7 Å². The van der Waals surface area contributed by atoms with Crippen molar-refractivity contribution in [1.82, 2.24) is 0 Å². The quantitative estimate of drug-likeness (QED) is 0.582. The highest BCUT2D eigenvalue weighted by atomic mass is 16.5. The minimum absolute atomic E-state index is 0.0321. The van der Waals surface area contributed by atoms with E-state index in [2.05, 4.69) is 0 Å². The average Bonchev–Trinajstić information content (AvgIpc) is 2.79. The second-order valence-electron chi connectivity index (χ2n) is 3.02. The summed E-state index contributed by atoms with van der Waals surface area (Å²) in [6.07, 6.45) is 2.37. The Bertz CT molecular complexity index is 135. The van der Waals surface area contributed by atoms with Gasteiger partial charge in [0.15, 0.2) is 0 Å². The van der Waals surface area contributed by atoms with Gasteiger partial charge in [-0.1, -0.05) is 0 Å². The van der Waals surface area contributed by atoms with Crippen LogP contribution in [0.4, 0.5) is 0 Å². The van der Waals surface area contributed by atoms with Gasteiger partial charge in [0, 0.05) is 20.1 Å². The molecule has 0 aliphatic heterocycles. The van der Waals surface area contributed by atoms with Crippen molar-refractivity contribution >= 4 is 6.29 Å². The normalized spacial score (nSPS) is 31.5. The van der Waals surface area contributed by atoms with Crippen LogP contribution < -0.4 is 0 Å². The number of carbonyl (C=O) groups excluding carboxylic acids is 1. The maximum absolute atomic E-state index is 10.2. The molecule has 0 aromatic carbocycles. The fourth-order valence-electron chi connectivity index (χ4n) is 1.48. The van der Waals surface area contributed by atoms with Gasteiger partial charge in [0.1, 0.15) is 6.29 Å². The predicted molar refractivity (Wildman–Crippen MR) is 40.2 cm³/mol. The molecular formula is C8H14O3. The topological polar surface area (TPSA) is 46.5 Å². The maximum Gasteiger partial charge on any atom is 0.122 e. The molecule has 0 amide bonds. The highest BCUT2D eigenvalue weighted by Gasteiger charge is 2.42. The average molecular weight is 158 g/mol. The van der Waals surface area contributed by atoms with Crippen LogP contribution in [0, 0.1) is 11.8 Å². The first-order valence-electron chi connectivity index (χ1n) is 3.90. The summed E-state index contributed by atoms with van der Waals surface area (Å²) in [7, 11) is 1.61. The van der Waals surface area contributed by atoms with Crippen LogP contribution in [0.3, 0.4) is 0 Å². The Morgan fingerprint density at radius 2 is 2.55 bits per heavy atom. The summed E-state index contributed by atoms with van der Waals surface area (Å²) in [5, 5.41) is 8.75. The number of aliphatic hydroxyl groups is 1. The van der Waals surface area contributed by atoms with E-state index in [4.69, 9.17) is 9.84 Å². The van der Waals surface area contributed by atoms with Gasteiger partial charge in [0.2, 0.25) is 0 Å². The van der Waals surface area contributed by atoms with Crippen LogP contribution in [-0.4, -0.2) is 31.2 Å². The third kappa shape index (κ3) is 2.01. The first-order valence-corrected chi connectivity index (χ1v) is 3.90. The third-order valence-corrected chi connectivity index (χ3v) is 2.32. The summed E-state index contributed by atoms with van der Waals surface area (Å²) < 4.78 is 5.10. The molecule has 0 heterocycles. The molecule has 1 saturated carbocycles. The second-order valence-corrected chi connectivity index (χ2v) is 3.02. The molecule has 0 unspecified atom stereocenters. The molecule has 0 radical (unpaired) electrons. The van der Waals surface area contributed by atoms with Crippen molar-refractivity contribution in [2.75, 3.05) is 13.7 Å². The lowest BCUT2D eigenvalue weighted by atomic mass is 10.1. The SMILES string of the molecule is CO[C@H](CC=O)[C@@H]1C[C@H]1CO. The van der Waals surface area contributed by atoms with Crippen molar-refractivity contribution in [3.05, 3.63) is 0 Å². The second kappa shape index (κ2) is 3.83. The zero-order valence-electron chi connectivity index (χ0n) is 6.69. The Hall–Kier alpha value is -0.410. The molecule has 1 N–H and O–H groups in total. The predicted octanol–water partition coefficient (Wildman–Crippen LogP) is 0.219. The molecule has 1 aliphatic rings. The molecule has 3 heteroatoms. The van der Waals surface area contributed by atoms with Gasteiger partial charge in [-0.3, -0.25) is 0 Å². The minimum Gasteiger partial charge on any atom is -0.396 e. The Kier molecular flexibility index (Phi) is 3.02. The molecule has 64 valence electrons.